The molecule has 8 nitrogen and oxygen atoms in total. The normalized spacial score (nSPS) is 15.4. The Bertz CT molecular complexity index is 1150. The maximum atomic E-state index is 12.6. The Hall–Kier alpha value is -2.43. The number of sulfonamides is 1. The molecule has 0 unspecified atom stereocenters. The number of rotatable bonds is 5. The number of anilines is 1. The highest BCUT2D eigenvalue weighted by Gasteiger charge is 2.28. The second kappa shape index (κ2) is 6.95. The van der Waals surface area contributed by atoms with Gasteiger partial charge < -0.3 is 15.3 Å². The summed E-state index contributed by atoms with van der Waals surface area (Å²) in [5.41, 5.74) is 1.52. The van der Waals surface area contributed by atoms with E-state index >= 15 is 0 Å². The van der Waals surface area contributed by atoms with E-state index in [0.717, 1.165) is 24.2 Å². The first-order chi connectivity index (χ1) is 12.9. The molecular weight excluding hydrogens is 388 g/mol. The topological polar surface area (TPSA) is 115 Å². The summed E-state index contributed by atoms with van der Waals surface area (Å²) in [5, 5.41) is 2.77. The highest BCUT2D eigenvalue weighted by atomic mass is 32.2. The van der Waals surface area contributed by atoms with Gasteiger partial charge in [0.2, 0.25) is 5.91 Å². The second-order valence-corrected chi connectivity index (χ2v) is 9.73. The van der Waals surface area contributed by atoms with Gasteiger partial charge in [0.15, 0.2) is 0 Å². The molecule has 1 aromatic carbocycles. The number of carbonyl (C=O) groups excluding carboxylic acids is 1. The van der Waals surface area contributed by atoms with Gasteiger partial charge in [0, 0.05) is 23.7 Å². The van der Waals surface area contributed by atoms with Gasteiger partial charge in [0.25, 0.3) is 10.0 Å². The molecule has 27 heavy (non-hydrogen) atoms. The summed E-state index contributed by atoms with van der Waals surface area (Å²) >= 11 is 1.13. The largest absolute Gasteiger partial charge is 0.326 e. The van der Waals surface area contributed by atoms with Crippen LogP contribution in [0.15, 0.2) is 39.3 Å². The van der Waals surface area contributed by atoms with Crippen molar-refractivity contribution in [2.75, 3.05) is 18.4 Å². The lowest BCUT2D eigenvalue weighted by atomic mass is 10.2. The van der Waals surface area contributed by atoms with Gasteiger partial charge in [-0.15, -0.1) is 11.3 Å². The summed E-state index contributed by atoms with van der Waals surface area (Å²) in [7, 11) is -3.45. The van der Waals surface area contributed by atoms with E-state index in [1.165, 1.54) is 4.31 Å². The fourth-order valence-electron chi connectivity index (χ4n) is 3.12. The Morgan fingerprint density at radius 2 is 1.85 bits per heavy atom. The van der Waals surface area contributed by atoms with Crippen molar-refractivity contribution in [3.8, 4) is 0 Å². The van der Waals surface area contributed by atoms with E-state index in [-0.39, 0.29) is 22.2 Å². The Kier molecular flexibility index (Phi) is 4.62. The summed E-state index contributed by atoms with van der Waals surface area (Å²) in [6.45, 7) is 1.11. The van der Waals surface area contributed by atoms with Crippen LogP contribution in [0.1, 0.15) is 17.7 Å². The number of H-pyrrole nitrogens is 2. The van der Waals surface area contributed by atoms with Crippen molar-refractivity contribution in [3.63, 3.8) is 0 Å². The maximum Gasteiger partial charge on any atom is 0.323 e. The molecular formula is C17H18N4O4S2. The molecule has 0 bridgehead atoms. The number of aromatic amines is 2. The summed E-state index contributed by atoms with van der Waals surface area (Å²) in [6.07, 6.45) is 1.86. The van der Waals surface area contributed by atoms with Crippen molar-refractivity contribution in [2.24, 2.45) is 0 Å². The Balaban J connectivity index is 1.45. The zero-order valence-electron chi connectivity index (χ0n) is 14.3. The van der Waals surface area contributed by atoms with Crippen LogP contribution in [0.2, 0.25) is 0 Å². The molecule has 10 heteroatoms. The molecule has 0 spiro atoms. The fraction of sp³-hybridized carbons (Fsp3) is 0.294. The van der Waals surface area contributed by atoms with Gasteiger partial charge in [-0.2, -0.15) is 4.31 Å². The van der Waals surface area contributed by atoms with E-state index in [1.807, 2.05) is 0 Å². The number of nitrogens with one attached hydrogen (secondary N) is 3. The van der Waals surface area contributed by atoms with Crippen LogP contribution in [0.3, 0.4) is 0 Å². The number of amides is 1. The number of hydrogen-bond donors (Lipinski definition) is 3. The van der Waals surface area contributed by atoms with Crippen LogP contribution < -0.4 is 11.0 Å². The third kappa shape index (κ3) is 3.68. The highest BCUT2D eigenvalue weighted by molar-refractivity contribution is 7.91. The number of fused-ring (bicyclic) bond motifs is 1. The number of nitrogens with zero attached hydrogens (tertiary/aromatic N) is 1. The van der Waals surface area contributed by atoms with Crippen LogP contribution in [0.25, 0.3) is 11.0 Å². The molecule has 3 aromatic rings. The maximum absolute atomic E-state index is 12.6. The first kappa shape index (κ1) is 18.0. The summed E-state index contributed by atoms with van der Waals surface area (Å²) < 4.78 is 26.9. The molecule has 0 radical (unpaired) electrons. The molecule has 1 amide bonds. The number of carbonyl (C=O) groups is 1. The van der Waals surface area contributed by atoms with Crippen molar-refractivity contribution >= 4 is 44.0 Å². The molecule has 4 rings (SSSR count). The third-order valence-corrected chi connectivity index (χ3v) is 7.88. The zero-order valence-corrected chi connectivity index (χ0v) is 16.0. The van der Waals surface area contributed by atoms with Gasteiger partial charge in [0.05, 0.1) is 17.5 Å². The fourth-order valence-corrected chi connectivity index (χ4v) is 6.15. The minimum absolute atomic E-state index is 0.0852. The van der Waals surface area contributed by atoms with Gasteiger partial charge in [0.1, 0.15) is 4.21 Å². The number of hydrogen-bond acceptors (Lipinski definition) is 5. The van der Waals surface area contributed by atoms with Crippen LogP contribution in [-0.2, 0) is 21.2 Å². The molecule has 3 heterocycles. The number of benzene rings is 1. The molecule has 1 aliphatic rings. The monoisotopic (exact) mass is 406 g/mol. The molecule has 1 saturated heterocycles. The SMILES string of the molecule is O=C(Cc1ccc(S(=O)(=O)N2CCCC2)s1)Nc1ccc2[nH]c(=O)[nH]c2c1. The lowest BCUT2D eigenvalue weighted by molar-refractivity contribution is -0.115. The molecule has 3 N–H and O–H groups in total. The van der Waals surface area contributed by atoms with E-state index in [0.29, 0.717) is 34.7 Å². The molecule has 0 saturated carbocycles. The van der Waals surface area contributed by atoms with Gasteiger partial charge in [-0.3, -0.25) is 4.79 Å². The first-order valence-electron chi connectivity index (χ1n) is 8.52. The van der Waals surface area contributed by atoms with Gasteiger partial charge >= 0.3 is 5.69 Å². The zero-order chi connectivity index (χ0) is 19.0. The molecule has 1 aliphatic heterocycles. The average molecular weight is 406 g/mol. The summed E-state index contributed by atoms with van der Waals surface area (Å²) in [4.78, 5) is 29.5. The van der Waals surface area contributed by atoms with Crippen molar-refractivity contribution < 1.29 is 13.2 Å². The minimum Gasteiger partial charge on any atom is -0.326 e. The number of thiophene rings is 1. The lowest BCUT2D eigenvalue weighted by Crippen LogP contribution is -2.27. The van der Waals surface area contributed by atoms with Gasteiger partial charge in [-0.05, 0) is 43.2 Å². The van der Waals surface area contributed by atoms with Crippen molar-refractivity contribution in [1.29, 1.82) is 0 Å². The number of aromatic nitrogens is 2. The molecule has 1 fully saturated rings. The second-order valence-electron chi connectivity index (χ2n) is 6.40. The molecule has 142 valence electrons. The first-order valence-corrected chi connectivity index (χ1v) is 10.8. The lowest BCUT2D eigenvalue weighted by Gasteiger charge is -2.13. The van der Waals surface area contributed by atoms with E-state index in [2.05, 4.69) is 15.3 Å². The van der Waals surface area contributed by atoms with E-state index in [4.69, 9.17) is 0 Å². The molecule has 0 aliphatic carbocycles. The van der Waals surface area contributed by atoms with Crippen LogP contribution in [-0.4, -0.2) is 41.7 Å². The standard InChI is InChI=1S/C17H18N4O4S2/c22-15(18-11-3-5-13-14(9-11)20-17(23)19-13)10-12-4-6-16(26-12)27(24,25)21-7-1-2-8-21/h3-6,9H,1-2,7-8,10H2,(H,18,22)(H2,19,20,23). The van der Waals surface area contributed by atoms with Crippen LogP contribution in [0, 0.1) is 0 Å². The predicted octanol–water partition coefficient (Wildman–Crippen LogP) is 1.88. The van der Waals surface area contributed by atoms with Gasteiger partial charge in [-0.25, -0.2) is 13.2 Å². The highest BCUT2D eigenvalue weighted by Crippen LogP contribution is 2.27. The van der Waals surface area contributed by atoms with Crippen LogP contribution >= 0.6 is 11.3 Å². The molecule has 0 atom stereocenters. The summed E-state index contributed by atoms with van der Waals surface area (Å²) in [5.74, 6) is -0.251. The quantitative estimate of drug-likeness (QED) is 0.600. The summed E-state index contributed by atoms with van der Waals surface area (Å²) in [6, 6.07) is 8.32. The third-order valence-electron chi connectivity index (χ3n) is 4.43. The van der Waals surface area contributed by atoms with E-state index in [1.54, 1.807) is 30.3 Å². The Morgan fingerprint density at radius 3 is 2.63 bits per heavy atom. The van der Waals surface area contributed by atoms with E-state index in [9.17, 15) is 18.0 Å². The van der Waals surface area contributed by atoms with Crippen molar-refractivity contribution in [3.05, 3.63) is 45.7 Å². The van der Waals surface area contributed by atoms with Crippen molar-refractivity contribution in [2.45, 2.75) is 23.5 Å². The van der Waals surface area contributed by atoms with Crippen LogP contribution in [0.5, 0.6) is 0 Å². The number of imidazole rings is 1. The Labute approximate surface area is 159 Å². The minimum atomic E-state index is -3.45. The predicted molar refractivity (Wildman–Crippen MR) is 104 cm³/mol. The Morgan fingerprint density at radius 1 is 1.11 bits per heavy atom. The average Bonchev–Trinajstić information content (AvgIpc) is 3.34. The molecule has 2 aromatic heterocycles. The van der Waals surface area contributed by atoms with E-state index < -0.39 is 10.0 Å². The van der Waals surface area contributed by atoms with Gasteiger partial charge in [-0.1, -0.05) is 0 Å². The van der Waals surface area contributed by atoms with Crippen molar-refractivity contribution in [1.82, 2.24) is 14.3 Å². The smallest absolute Gasteiger partial charge is 0.323 e. The van der Waals surface area contributed by atoms with Crippen LogP contribution in [0.4, 0.5) is 5.69 Å².